The van der Waals surface area contributed by atoms with Crippen LogP contribution in [0.2, 0.25) is 5.02 Å². The summed E-state index contributed by atoms with van der Waals surface area (Å²) >= 11 is 5.77. The average Bonchev–Trinajstić information content (AvgIpc) is 2.55. The number of carbonyl (C=O) groups is 1. The number of rotatable bonds is 5. The Morgan fingerprint density at radius 3 is 2.52 bits per heavy atom. The molecule has 2 aromatic rings. The molecule has 0 aliphatic carbocycles. The van der Waals surface area contributed by atoms with Crippen LogP contribution in [0.3, 0.4) is 0 Å². The summed E-state index contributed by atoms with van der Waals surface area (Å²) < 4.78 is 9.87. The van der Waals surface area contributed by atoms with Gasteiger partial charge in [0.25, 0.3) is 0 Å². The van der Waals surface area contributed by atoms with Crippen LogP contribution in [-0.2, 0) is 4.74 Å². The normalized spacial score (nSPS) is 9.83. The molecule has 2 N–H and O–H groups in total. The van der Waals surface area contributed by atoms with E-state index < -0.39 is 11.0 Å². The molecular formula is C14H12ClN3O5. The van der Waals surface area contributed by atoms with Crippen LogP contribution >= 0.6 is 11.6 Å². The molecule has 0 aliphatic rings. The maximum atomic E-state index is 11.2. The van der Waals surface area contributed by atoms with E-state index in [1.54, 1.807) is 24.3 Å². The Morgan fingerprint density at radius 1 is 1.22 bits per heavy atom. The first-order valence-electron chi connectivity index (χ1n) is 6.31. The summed E-state index contributed by atoms with van der Waals surface area (Å²) in [6, 6.07) is 10.6. The zero-order chi connectivity index (χ0) is 16.8. The molecule has 23 heavy (non-hydrogen) atoms. The molecule has 2 aromatic carbocycles. The Labute approximate surface area is 136 Å². The zero-order valence-corrected chi connectivity index (χ0v) is 12.7. The van der Waals surface area contributed by atoms with Crippen LogP contribution in [0.5, 0.6) is 11.5 Å². The number of benzene rings is 2. The molecule has 0 atom stereocenters. The number of hydrazine groups is 1. The van der Waals surface area contributed by atoms with Crippen molar-refractivity contribution in [2.24, 2.45) is 0 Å². The Hall–Kier alpha value is -3.00. The number of ether oxygens (including phenoxy) is 2. The maximum absolute atomic E-state index is 11.2. The second-order valence-corrected chi connectivity index (χ2v) is 4.67. The third kappa shape index (κ3) is 4.48. The third-order valence-electron chi connectivity index (χ3n) is 2.69. The highest BCUT2D eigenvalue weighted by Crippen LogP contribution is 2.33. The molecule has 8 nitrogen and oxygen atoms in total. The van der Waals surface area contributed by atoms with Crippen LogP contribution in [0, 0.1) is 10.1 Å². The van der Waals surface area contributed by atoms with E-state index in [0.29, 0.717) is 16.5 Å². The summed E-state index contributed by atoms with van der Waals surface area (Å²) in [5.41, 5.74) is 4.72. The zero-order valence-electron chi connectivity index (χ0n) is 11.9. The van der Waals surface area contributed by atoms with E-state index >= 15 is 0 Å². The molecule has 0 saturated heterocycles. The van der Waals surface area contributed by atoms with Gasteiger partial charge < -0.3 is 9.47 Å². The first-order chi connectivity index (χ1) is 11.0. The van der Waals surface area contributed by atoms with Crippen LogP contribution in [-0.4, -0.2) is 18.1 Å². The van der Waals surface area contributed by atoms with Gasteiger partial charge in [0.05, 0.1) is 17.7 Å². The number of nitro groups is 1. The van der Waals surface area contributed by atoms with E-state index in [0.717, 1.165) is 0 Å². The lowest BCUT2D eigenvalue weighted by Gasteiger charge is -2.10. The number of nitrogens with one attached hydrogen (secondary N) is 2. The van der Waals surface area contributed by atoms with Crippen molar-refractivity contribution in [1.29, 1.82) is 0 Å². The molecule has 2 rings (SSSR count). The van der Waals surface area contributed by atoms with Crippen molar-refractivity contribution in [3.8, 4) is 11.5 Å². The van der Waals surface area contributed by atoms with Crippen molar-refractivity contribution in [2.75, 3.05) is 12.5 Å². The summed E-state index contributed by atoms with van der Waals surface area (Å²) in [4.78, 5) is 21.6. The maximum Gasteiger partial charge on any atom is 0.425 e. The van der Waals surface area contributed by atoms with Crippen LogP contribution in [0.4, 0.5) is 16.2 Å². The van der Waals surface area contributed by atoms with Crippen molar-refractivity contribution >= 4 is 29.1 Å². The van der Waals surface area contributed by atoms with Crippen molar-refractivity contribution < 1.29 is 19.2 Å². The molecule has 0 bridgehead atoms. The molecule has 0 saturated carbocycles. The molecule has 0 fully saturated rings. The number of halogens is 1. The van der Waals surface area contributed by atoms with Gasteiger partial charge in [0.15, 0.2) is 0 Å². The second kappa shape index (κ2) is 7.32. The molecule has 0 aromatic heterocycles. The highest BCUT2D eigenvalue weighted by molar-refractivity contribution is 6.30. The highest BCUT2D eigenvalue weighted by atomic mass is 35.5. The molecule has 0 spiro atoms. The topological polar surface area (TPSA) is 103 Å². The van der Waals surface area contributed by atoms with Gasteiger partial charge in [0.1, 0.15) is 5.75 Å². The number of nitrogens with zero attached hydrogens (tertiary/aromatic N) is 1. The minimum absolute atomic E-state index is 0.0564. The predicted octanol–water partition coefficient (Wildman–Crippen LogP) is 3.72. The van der Waals surface area contributed by atoms with E-state index in [2.05, 4.69) is 15.6 Å². The smallest absolute Gasteiger partial charge is 0.425 e. The summed E-state index contributed by atoms with van der Waals surface area (Å²) in [6.45, 7) is 0. The van der Waals surface area contributed by atoms with Crippen molar-refractivity contribution in [2.45, 2.75) is 0 Å². The number of anilines is 1. The number of hydrogen-bond acceptors (Lipinski definition) is 6. The largest absolute Gasteiger partial charge is 0.452 e. The SMILES string of the molecule is COC(=O)NNc1ccc(Oc2ccc(Cl)cc2)c([N+](=O)[O-])c1. The summed E-state index contributed by atoms with van der Waals surface area (Å²) in [7, 11) is 1.20. The molecule has 0 radical (unpaired) electrons. The average molecular weight is 338 g/mol. The highest BCUT2D eigenvalue weighted by Gasteiger charge is 2.17. The van der Waals surface area contributed by atoms with Crippen molar-refractivity contribution in [3.05, 3.63) is 57.6 Å². The van der Waals surface area contributed by atoms with Gasteiger partial charge in [-0.1, -0.05) is 11.6 Å². The summed E-state index contributed by atoms with van der Waals surface area (Å²) in [6.07, 6.45) is -0.728. The van der Waals surface area contributed by atoms with Gasteiger partial charge in [-0.2, -0.15) is 0 Å². The Morgan fingerprint density at radius 2 is 1.91 bits per heavy atom. The number of methoxy groups -OCH3 is 1. The van der Waals surface area contributed by atoms with Crippen LogP contribution in [0.15, 0.2) is 42.5 Å². The first-order valence-corrected chi connectivity index (χ1v) is 6.69. The molecule has 9 heteroatoms. The third-order valence-corrected chi connectivity index (χ3v) is 2.94. The summed E-state index contributed by atoms with van der Waals surface area (Å²) in [5.74, 6) is 0.465. The first kappa shape index (κ1) is 16.4. The fraction of sp³-hybridized carbons (Fsp3) is 0.0714. The Kier molecular flexibility index (Phi) is 5.21. The van der Waals surface area contributed by atoms with Gasteiger partial charge >= 0.3 is 11.8 Å². The van der Waals surface area contributed by atoms with Gasteiger partial charge in [-0.3, -0.25) is 15.5 Å². The standard InChI is InChI=1S/C14H12ClN3O5/c1-22-14(19)17-16-10-4-7-13(12(8-10)18(20)21)23-11-5-2-9(15)3-6-11/h2-8,16H,1H3,(H,17,19). The Bertz CT molecular complexity index is 721. The van der Waals surface area contributed by atoms with Crippen LogP contribution < -0.4 is 15.6 Å². The Balaban J connectivity index is 2.20. The number of nitro benzene ring substituents is 1. The second-order valence-electron chi connectivity index (χ2n) is 4.24. The van der Waals surface area contributed by atoms with Gasteiger partial charge in [-0.05, 0) is 36.4 Å². The number of hydrogen-bond donors (Lipinski definition) is 2. The van der Waals surface area contributed by atoms with Gasteiger partial charge in [0.2, 0.25) is 5.75 Å². The lowest BCUT2D eigenvalue weighted by Crippen LogP contribution is -2.28. The van der Waals surface area contributed by atoms with E-state index in [1.807, 2.05) is 0 Å². The molecule has 0 heterocycles. The molecular weight excluding hydrogens is 326 g/mol. The van der Waals surface area contributed by atoms with E-state index in [-0.39, 0.29) is 11.4 Å². The fourth-order valence-electron chi connectivity index (χ4n) is 1.63. The van der Waals surface area contributed by atoms with Crippen LogP contribution in [0.25, 0.3) is 0 Å². The number of amides is 1. The van der Waals surface area contributed by atoms with Gasteiger partial charge in [-0.15, -0.1) is 0 Å². The van der Waals surface area contributed by atoms with E-state index in [1.165, 1.54) is 25.3 Å². The van der Waals surface area contributed by atoms with Gasteiger partial charge in [-0.25, -0.2) is 10.2 Å². The lowest BCUT2D eigenvalue weighted by molar-refractivity contribution is -0.385. The van der Waals surface area contributed by atoms with E-state index in [9.17, 15) is 14.9 Å². The minimum Gasteiger partial charge on any atom is -0.452 e. The molecule has 120 valence electrons. The quantitative estimate of drug-likeness (QED) is 0.636. The monoisotopic (exact) mass is 337 g/mol. The van der Waals surface area contributed by atoms with Crippen molar-refractivity contribution in [3.63, 3.8) is 0 Å². The minimum atomic E-state index is -0.728. The number of carbonyl (C=O) groups excluding carboxylic acids is 1. The van der Waals surface area contributed by atoms with Crippen molar-refractivity contribution in [1.82, 2.24) is 5.43 Å². The summed E-state index contributed by atoms with van der Waals surface area (Å²) in [5, 5.41) is 11.7. The molecule has 0 unspecified atom stereocenters. The molecule has 0 aliphatic heterocycles. The predicted molar refractivity (Wildman–Crippen MR) is 83.8 cm³/mol. The lowest BCUT2D eigenvalue weighted by atomic mass is 10.2. The fourth-order valence-corrected chi connectivity index (χ4v) is 1.75. The van der Waals surface area contributed by atoms with E-state index in [4.69, 9.17) is 16.3 Å². The van der Waals surface area contributed by atoms with Gasteiger partial charge in [0, 0.05) is 11.1 Å². The van der Waals surface area contributed by atoms with Crippen LogP contribution in [0.1, 0.15) is 0 Å². The molecule has 1 amide bonds.